The van der Waals surface area contributed by atoms with Crippen molar-refractivity contribution in [3.05, 3.63) is 52.5 Å². The number of nitrogens with one attached hydrogen (secondary N) is 1. The molecule has 1 atom stereocenters. The number of thioether (sulfide) groups is 1. The summed E-state index contributed by atoms with van der Waals surface area (Å²) in [5.41, 5.74) is 2.69. The summed E-state index contributed by atoms with van der Waals surface area (Å²) in [6.45, 7) is 3.80. The number of pyridine rings is 1. The van der Waals surface area contributed by atoms with Crippen molar-refractivity contribution in [3.8, 4) is 17.4 Å². The van der Waals surface area contributed by atoms with Gasteiger partial charge < -0.3 is 24.3 Å². The average molecular weight is 461 g/mol. The van der Waals surface area contributed by atoms with Gasteiger partial charge in [0.25, 0.3) is 0 Å². The number of hydrogen-bond donors (Lipinski definition) is 1. The molecule has 0 saturated heterocycles. The molecule has 1 aliphatic heterocycles. The van der Waals surface area contributed by atoms with E-state index in [0.717, 1.165) is 26.9 Å². The van der Waals surface area contributed by atoms with Gasteiger partial charge in [0, 0.05) is 47.2 Å². The number of rotatable bonds is 9. The molecule has 1 unspecified atom stereocenters. The number of benzene rings is 2. The van der Waals surface area contributed by atoms with E-state index in [4.69, 9.17) is 35.5 Å². The Labute approximate surface area is 191 Å². The molecule has 1 N–H and O–H groups in total. The number of methoxy groups -OCH3 is 1. The van der Waals surface area contributed by atoms with E-state index in [1.807, 2.05) is 6.07 Å². The van der Waals surface area contributed by atoms with Gasteiger partial charge in [-0.2, -0.15) is 0 Å². The molecule has 2 heterocycles. The second-order valence-corrected chi connectivity index (χ2v) is 8.62. The predicted octanol–water partition coefficient (Wildman–Crippen LogP) is 5.04. The lowest BCUT2D eigenvalue weighted by Crippen LogP contribution is -2.29. The quantitative estimate of drug-likeness (QED) is 0.448. The van der Waals surface area contributed by atoms with E-state index in [1.165, 1.54) is 0 Å². The van der Waals surface area contributed by atoms with E-state index < -0.39 is 0 Å². The fourth-order valence-electron chi connectivity index (χ4n) is 3.36. The van der Waals surface area contributed by atoms with Crippen LogP contribution in [0.4, 0.5) is 0 Å². The van der Waals surface area contributed by atoms with Crippen molar-refractivity contribution < 1.29 is 18.9 Å². The lowest BCUT2D eigenvalue weighted by molar-refractivity contribution is 0.171. The minimum absolute atomic E-state index is 0.204. The highest BCUT2D eigenvalue weighted by Crippen LogP contribution is 2.37. The van der Waals surface area contributed by atoms with Gasteiger partial charge in [0.2, 0.25) is 12.7 Å². The Bertz CT molecular complexity index is 1080. The third-order valence-electron chi connectivity index (χ3n) is 5.03. The van der Waals surface area contributed by atoms with Crippen molar-refractivity contribution in [2.45, 2.75) is 31.0 Å². The molecule has 2 aromatic carbocycles. The minimum atomic E-state index is 0.204. The molecule has 6 nitrogen and oxygen atoms in total. The highest BCUT2D eigenvalue weighted by molar-refractivity contribution is 7.98. The molecule has 4 rings (SSSR count). The first-order chi connectivity index (χ1) is 15.1. The molecule has 31 heavy (non-hydrogen) atoms. The summed E-state index contributed by atoms with van der Waals surface area (Å²) in [6.07, 6.45) is 2.05. The van der Waals surface area contributed by atoms with Crippen LogP contribution in [0.2, 0.25) is 5.02 Å². The highest BCUT2D eigenvalue weighted by Gasteiger charge is 2.18. The van der Waals surface area contributed by atoms with Crippen LogP contribution in [-0.2, 0) is 17.9 Å². The van der Waals surface area contributed by atoms with Crippen LogP contribution in [0.3, 0.4) is 0 Å². The summed E-state index contributed by atoms with van der Waals surface area (Å²) < 4.78 is 22.2. The van der Waals surface area contributed by atoms with E-state index in [9.17, 15) is 0 Å². The van der Waals surface area contributed by atoms with Crippen LogP contribution in [0, 0.1) is 0 Å². The van der Waals surface area contributed by atoms with Gasteiger partial charge in [-0.15, -0.1) is 11.8 Å². The van der Waals surface area contributed by atoms with Crippen LogP contribution in [0.1, 0.15) is 18.1 Å². The zero-order valence-electron chi connectivity index (χ0n) is 17.7. The number of hydrogen-bond acceptors (Lipinski definition) is 7. The van der Waals surface area contributed by atoms with E-state index in [0.29, 0.717) is 35.6 Å². The summed E-state index contributed by atoms with van der Waals surface area (Å²) in [7, 11) is 1.70. The first kappa shape index (κ1) is 22.0. The third kappa shape index (κ3) is 5.18. The van der Waals surface area contributed by atoms with E-state index >= 15 is 0 Å². The second-order valence-electron chi connectivity index (χ2n) is 7.33. The molecule has 1 aromatic heterocycles. The Kier molecular flexibility index (Phi) is 7.07. The molecule has 164 valence electrons. The smallest absolute Gasteiger partial charge is 0.231 e. The van der Waals surface area contributed by atoms with Gasteiger partial charge in [0.15, 0.2) is 11.5 Å². The molecule has 0 fully saturated rings. The largest absolute Gasteiger partial charge is 0.472 e. The van der Waals surface area contributed by atoms with Crippen LogP contribution >= 0.6 is 23.4 Å². The van der Waals surface area contributed by atoms with Crippen LogP contribution < -0.4 is 19.5 Å². The van der Waals surface area contributed by atoms with Crippen LogP contribution in [0.15, 0.2) is 41.3 Å². The third-order valence-corrected chi connectivity index (χ3v) is 6.10. The number of aromatic nitrogens is 1. The molecule has 3 aromatic rings. The Morgan fingerprint density at radius 2 is 1.97 bits per heavy atom. The maximum Gasteiger partial charge on any atom is 0.231 e. The molecule has 0 amide bonds. The first-order valence-electron chi connectivity index (χ1n) is 9.98. The molecule has 0 aliphatic carbocycles. The van der Waals surface area contributed by atoms with E-state index in [1.54, 1.807) is 24.9 Å². The first-order valence-corrected chi connectivity index (χ1v) is 11.6. The van der Waals surface area contributed by atoms with Crippen molar-refractivity contribution in [2.75, 3.05) is 26.8 Å². The lowest BCUT2D eigenvalue weighted by Gasteiger charge is -2.16. The molecule has 0 spiro atoms. The Morgan fingerprint density at radius 1 is 1.16 bits per heavy atom. The molecule has 8 heteroatoms. The molecule has 0 saturated carbocycles. The maximum atomic E-state index is 6.42. The second kappa shape index (κ2) is 9.96. The zero-order valence-corrected chi connectivity index (χ0v) is 19.3. The van der Waals surface area contributed by atoms with E-state index in [-0.39, 0.29) is 19.4 Å². The SMILES string of the molecule is COCC(C)NCc1cc2ccc(SC)cc2nc1OCc1cc2c(cc1Cl)OCO2. The normalized spacial score (nSPS) is 13.5. The monoisotopic (exact) mass is 460 g/mol. The van der Waals surface area contributed by atoms with E-state index in [2.05, 4.69) is 42.8 Å². The summed E-state index contributed by atoms with van der Waals surface area (Å²) in [5.74, 6) is 1.91. The minimum Gasteiger partial charge on any atom is -0.472 e. The Morgan fingerprint density at radius 3 is 2.74 bits per heavy atom. The van der Waals surface area contributed by atoms with Crippen LogP contribution in [0.5, 0.6) is 17.4 Å². The van der Waals surface area contributed by atoms with Crippen LogP contribution in [-0.4, -0.2) is 37.8 Å². The lowest BCUT2D eigenvalue weighted by atomic mass is 10.1. The van der Waals surface area contributed by atoms with Gasteiger partial charge in [-0.25, -0.2) is 4.98 Å². The van der Waals surface area contributed by atoms with Gasteiger partial charge in [-0.05, 0) is 37.4 Å². The van der Waals surface area contributed by atoms with Crippen molar-refractivity contribution in [3.63, 3.8) is 0 Å². The molecular weight excluding hydrogens is 436 g/mol. The molecule has 1 aliphatic rings. The van der Waals surface area contributed by atoms with Gasteiger partial charge in [-0.3, -0.25) is 0 Å². The zero-order chi connectivity index (χ0) is 21.8. The summed E-state index contributed by atoms with van der Waals surface area (Å²) in [4.78, 5) is 5.98. The van der Waals surface area contributed by atoms with Crippen molar-refractivity contribution in [1.29, 1.82) is 0 Å². The Balaban J connectivity index is 1.61. The maximum absolute atomic E-state index is 6.42. The number of ether oxygens (including phenoxy) is 4. The summed E-state index contributed by atoms with van der Waals surface area (Å²) >= 11 is 8.11. The summed E-state index contributed by atoms with van der Waals surface area (Å²) in [5, 5.41) is 5.10. The Hall–Kier alpha value is -2.19. The fraction of sp³-hybridized carbons (Fsp3) is 0.348. The molecular formula is C23H25ClN2O4S. The topological polar surface area (TPSA) is 61.8 Å². The average Bonchev–Trinajstić information content (AvgIpc) is 3.22. The molecule has 0 radical (unpaired) electrons. The summed E-state index contributed by atoms with van der Waals surface area (Å²) in [6, 6.07) is 12.2. The van der Waals surface area contributed by atoms with Gasteiger partial charge in [-0.1, -0.05) is 17.7 Å². The highest BCUT2D eigenvalue weighted by atomic mass is 35.5. The fourth-order valence-corrected chi connectivity index (χ4v) is 4.00. The van der Waals surface area contributed by atoms with Gasteiger partial charge in [0.05, 0.1) is 17.1 Å². The number of fused-ring (bicyclic) bond motifs is 2. The standard InChI is InChI=1S/C23H25ClN2O4S/c1-14(11-27-2)25-10-16-6-15-4-5-18(31-3)8-20(15)26-23(16)28-12-17-7-21-22(9-19(17)24)30-13-29-21/h4-9,14,25H,10-13H2,1-3H3. The van der Waals surface area contributed by atoms with Crippen LogP contribution in [0.25, 0.3) is 10.9 Å². The number of nitrogens with zero attached hydrogens (tertiary/aromatic N) is 1. The van der Waals surface area contributed by atoms with Crippen molar-refractivity contribution in [2.24, 2.45) is 0 Å². The van der Waals surface area contributed by atoms with Gasteiger partial charge in [0.1, 0.15) is 6.61 Å². The van der Waals surface area contributed by atoms with Crippen molar-refractivity contribution >= 4 is 34.3 Å². The molecule has 0 bridgehead atoms. The predicted molar refractivity (Wildman–Crippen MR) is 124 cm³/mol. The van der Waals surface area contributed by atoms with Crippen molar-refractivity contribution in [1.82, 2.24) is 10.3 Å². The van der Waals surface area contributed by atoms with Gasteiger partial charge >= 0.3 is 0 Å². The number of halogens is 1.